The van der Waals surface area contributed by atoms with E-state index in [1.54, 1.807) is 11.8 Å². The summed E-state index contributed by atoms with van der Waals surface area (Å²) in [6.07, 6.45) is 0. The smallest absolute Gasteiger partial charge is 0.233 e. The Hall–Kier alpha value is -0.670. The first-order chi connectivity index (χ1) is 8.40. The quantitative estimate of drug-likeness (QED) is 0.829. The molecule has 0 radical (unpaired) electrons. The van der Waals surface area contributed by atoms with Gasteiger partial charge in [-0.1, -0.05) is 25.4 Å². The van der Waals surface area contributed by atoms with E-state index < -0.39 is 0 Å². The van der Waals surface area contributed by atoms with Crippen LogP contribution in [0.5, 0.6) is 0 Å². The fourth-order valence-electron chi connectivity index (χ4n) is 1.28. The molecule has 0 aliphatic carbocycles. The lowest BCUT2D eigenvalue weighted by Crippen LogP contribution is -2.40. The SMILES string of the molecule is CC(Sc1ccc(Cl)cc1)C(=O)NC(C)C(C)C. The molecular formula is C14H20ClNOS. The molecule has 1 rings (SSSR count). The first-order valence-corrected chi connectivity index (χ1v) is 7.38. The molecule has 0 bridgehead atoms. The number of hydrogen-bond acceptors (Lipinski definition) is 2. The summed E-state index contributed by atoms with van der Waals surface area (Å²) in [6, 6.07) is 7.74. The Kier molecular flexibility index (Phi) is 6.03. The Balaban J connectivity index is 2.52. The lowest BCUT2D eigenvalue weighted by atomic mass is 10.1. The maximum absolute atomic E-state index is 12.0. The molecule has 2 nitrogen and oxygen atoms in total. The van der Waals surface area contributed by atoms with Crippen molar-refractivity contribution in [2.75, 3.05) is 0 Å². The van der Waals surface area contributed by atoms with Crippen LogP contribution in [0.4, 0.5) is 0 Å². The fraction of sp³-hybridized carbons (Fsp3) is 0.500. The van der Waals surface area contributed by atoms with Gasteiger partial charge in [0.05, 0.1) is 5.25 Å². The van der Waals surface area contributed by atoms with E-state index >= 15 is 0 Å². The molecule has 0 saturated heterocycles. The zero-order chi connectivity index (χ0) is 13.7. The largest absolute Gasteiger partial charge is 0.352 e. The number of carbonyl (C=O) groups excluding carboxylic acids is 1. The lowest BCUT2D eigenvalue weighted by molar-refractivity contribution is -0.121. The van der Waals surface area contributed by atoms with Crippen LogP contribution in [-0.4, -0.2) is 17.2 Å². The summed E-state index contributed by atoms with van der Waals surface area (Å²) in [7, 11) is 0. The Bertz CT molecular complexity index is 391. The Morgan fingerprint density at radius 1 is 1.17 bits per heavy atom. The molecular weight excluding hydrogens is 266 g/mol. The highest BCUT2D eigenvalue weighted by Gasteiger charge is 2.17. The van der Waals surface area contributed by atoms with E-state index in [9.17, 15) is 4.79 Å². The van der Waals surface area contributed by atoms with Crippen LogP contribution in [0, 0.1) is 5.92 Å². The number of rotatable bonds is 5. The van der Waals surface area contributed by atoms with Gasteiger partial charge in [0.25, 0.3) is 0 Å². The summed E-state index contributed by atoms with van der Waals surface area (Å²) in [5.74, 6) is 0.526. The molecule has 0 fully saturated rings. The lowest BCUT2D eigenvalue weighted by Gasteiger charge is -2.20. The predicted molar refractivity (Wildman–Crippen MR) is 79.2 cm³/mol. The molecule has 1 aromatic carbocycles. The second kappa shape index (κ2) is 7.05. The molecule has 0 aromatic heterocycles. The molecule has 4 heteroatoms. The molecule has 1 amide bonds. The normalized spacial score (nSPS) is 14.3. The minimum Gasteiger partial charge on any atom is -0.352 e. The van der Waals surface area contributed by atoms with Crippen LogP contribution < -0.4 is 5.32 Å². The van der Waals surface area contributed by atoms with Crippen LogP contribution in [0.25, 0.3) is 0 Å². The van der Waals surface area contributed by atoms with E-state index in [2.05, 4.69) is 19.2 Å². The van der Waals surface area contributed by atoms with Gasteiger partial charge in [-0.05, 0) is 44.0 Å². The fourth-order valence-corrected chi connectivity index (χ4v) is 2.28. The van der Waals surface area contributed by atoms with Gasteiger partial charge in [-0.2, -0.15) is 0 Å². The van der Waals surface area contributed by atoms with Crippen molar-refractivity contribution in [3.63, 3.8) is 0 Å². The summed E-state index contributed by atoms with van der Waals surface area (Å²) in [5.41, 5.74) is 0. The minimum absolute atomic E-state index is 0.0798. The van der Waals surface area contributed by atoms with Crippen molar-refractivity contribution < 1.29 is 4.79 Å². The molecule has 0 heterocycles. The molecule has 2 atom stereocenters. The number of thioether (sulfide) groups is 1. The van der Waals surface area contributed by atoms with Crippen LogP contribution in [0.15, 0.2) is 29.2 Å². The number of carbonyl (C=O) groups is 1. The Morgan fingerprint density at radius 2 is 1.72 bits per heavy atom. The van der Waals surface area contributed by atoms with Gasteiger partial charge >= 0.3 is 0 Å². The maximum Gasteiger partial charge on any atom is 0.233 e. The number of nitrogens with one attached hydrogen (secondary N) is 1. The minimum atomic E-state index is -0.104. The van der Waals surface area contributed by atoms with E-state index in [4.69, 9.17) is 11.6 Å². The van der Waals surface area contributed by atoms with Gasteiger partial charge in [0.15, 0.2) is 0 Å². The molecule has 0 aliphatic heterocycles. The standard InChI is InChI=1S/C14H20ClNOS/c1-9(2)10(3)16-14(17)11(4)18-13-7-5-12(15)6-8-13/h5-11H,1-4H3,(H,16,17). The van der Waals surface area contributed by atoms with E-state index in [0.717, 1.165) is 4.90 Å². The topological polar surface area (TPSA) is 29.1 Å². The molecule has 0 saturated carbocycles. The first kappa shape index (κ1) is 15.4. The van der Waals surface area contributed by atoms with Gasteiger partial charge in [0.2, 0.25) is 5.91 Å². The van der Waals surface area contributed by atoms with Crippen LogP contribution in [0.1, 0.15) is 27.7 Å². The highest BCUT2D eigenvalue weighted by Crippen LogP contribution is 2.24. The van der Waals surface area contributed by atoms with E-state index in [-0.39, 0.29) is 17.2 Å². The summed E-state index contributed by atoms with van der Waals surface area (Å²) < 4.78 is 0. The molecule has 1 N–H and O–H groups in total. The van der Waals surface area contributed by atoms with Gasteiger partial charge in [-0.15, -0.1) is 11.8 Å². The molecule has 18 heavy (non-hydrogen) atoms. The van der Waals surface area contributed by atoms with Crippen LogP contribution >= 0.6 is 23.4 Å². The predicted octanol–water partition coefficient (Wildman–Crippen LogP) is 3.98. The molecule has 2 unspecified atom stereocenters. The third-order valence-corrected chi connectivity index (χ3v) is 4.23. The van der Waals surface area contributed by atoms with E-state index in [0.29, 0.717) is 10.9 Å². The zero-order valence-electron chi connectivity index (χ0n) is 11.2. The number of amides is 1. The number of benzene rings is 1. The molecule has 100 valence electrons. The Labute approximate surface area is 118 Å². The summed E-state index contributed by atoms with van der Waals surface area (Å²) in [5, 5.41) is 3.63. The van der Waals surface area contributed by atoms with Crippen molar-refractivity contribution in [2.24, 2.45) is 5.92 Å². The van der Waals surface area contributed by atoms with Gasteiger partial charge < -0.3 is 5.32 Å². The van der Waals surface area contributed by atoms with Gasteiger partial charge in [-0.25, -0.2) is 0 Å². The third kappa shape index (κ3) is 4.91. The second-order valence-electron chi connectivity index (χ2n) is 4.76. The third-order valence-electron chi connectivity index (χ3n) is 2.87. The van der Waals surface area contributed by atoms with E-state index in [1.807, 2.05) is 38.1 Å². The monoisotopic (exact) mass is 285 g/mol. The highest BCUT2D eigenvalue weighted by molar-refractivity contribution is 8.00. The van der Waals surface area contributed by atoms with E-state index in [1.165, 1.54) is 0 Å². The van der Waals surface area contributed by atoms with Gasteiger partial charge in [0, 0.05) is 16.0 Å². The molecule has 0 aliphatic rings. The van der Waals surface area contributed by atoms with Gasteiger partial charge in [-0.3, -0.25) is 4.79 Å². The number of hydrogen-bond donors (Lipinski definition) is 1. The van der Waals surface area contributed by atoms with Crippen molar-refractivity contribution in [3.8, 4) is 0 Å². The van der Waals surface area contributed by atoms with Crippen LogP contribution in [0.2, 0.25) is 5.02 Å². The van der Waals surface area contributed by atoms with Crippen molar-refractivity contribution in [3.05, 3.63) is 29.3 Å². The zero-order valence-corrected chi connectivity index (χ0v) is 12.8. The Morgan fingerprint density at radius 3 is 2.22 bits per heavy atom. The molecule has 0 spiro atoms. The number of halogens is 1. The van der Waals surface area contributed by atoms with Gasteiger partial charge in [0.1, 0.15) is 0 Å². The average Bonchev–Trinajstić information content (AvgIpc) is 2.31. The van der Waals surface area contributed by atoms with Crippen molar-refractivity contribution in [1.29, 1.82) is 0 Å². The molecule has 1 aromatic rings. The maximum atomic E-state index is 12.0. The van der Waals surface area contributed by atoms with Crippen LogP contribution in [-0.2, 0) is 4.79 Å². The van der Waals surface area contributed by atoms with Crippen molar-refractivity contribution in [2.45, 2.75) is 43.9 Å². The summed E-state index contributed by atoms with van der Waals surface area (Å²) in [4.78, 5) is 13.0. The summed E-state index contributed by atoms with van der Waals surface area (Å²) >= 11 is 7.37. The van der Waals surface area contributed by atoms with Crippen LogP contribution in [0.3, 0.4) is 0 Å². The first-order valence-electron chi connectivity index (χ1n) is 6.12. The second-order valence-corrected chi connectivity index (χ2v) is 6.61. The average molecular weight is 286 g/mol. The highest BCUT2D eigenvalue weighted by atomic mass is 35.5. The van der Waals surface area contributed by atoms with Crippen molar-refractivity contribution >= 4 is 29.3 Å². The van der Waals surface area contributed by atoms with Crippen molar-refractivity contribution in [1.82, 2.24) is 5.32 Å². The summed E-state index contributed by atoms with van der Waals surface area (Å²) in [6.45, 7) is 8.15.